The van der Waals surface area contributed by atoms with E-state index in [2.05, 4.69) is 11.8 Å². The van der Waals surface area contributed by atoms with E-state index in [0.717, 1.165) is 30.2 Å². The van der Waals surface area contributed by atoms with Crippen LogP contribution in [0.4, 0.5) is 0 Å². The molecule has 0 fully saturated rings. The minimum atomic E-state index is -0.0752. The third-order valence-electron chi connectivity index (χ3n) is 3.34. The van der Waals surface area contributed by atoms with Crippen LogP contribution in [0.15, 0.2) is 34.7 Å². The smallest absolute Gasteiger partial charge is 0.129 e. The maximum absolute atomic E-state index is 9.04. The Morgan fingerprint density at radius 3 is 2.57 bits per heavy atom. The van der Waals surface area contributed by atoms with Crippen molar-refractivity contribution in [2.24, 2.45) is 0 Å². The van der Waals surface area contributed by atoms with Crippen LogP contribution in [0.1, 0.15) is 24.0 Å². The van der Waals surface area contributed by atoms with Crippen molar-refractivity contribution in [2.75, 3.05) is 13.7 Å². The summed E-state index contributed by atoms with van der Waals surface area (Å²) in [5, 5.41) is 9.73. The average molecular weight is 310 g/mol. The van der Waals surface area contributed by atoms with Crippen LogP contribution >= 0.6 is 11.6 Å². The van der Waals surface area contributed by atoms with Gasteiger partial charge in [0.2, 0.25) is 0 Å². The molecule has 1 aromatic carbocycles. The second-order valence-electron chi connectivity index (χ2n) is 4.79. The first-order valence-corrected chi connectivity index (χ1v) is 7.27. The fourth-order valence-electron chi connectivity index (χ4n) is 2.20. The molecule has 0 atom stereocenters. The molecule has 2 rings (SSSR count). The lowest BCUT2D eigenvalue weighted by Crippen LogP contribution is -2.22. The second-order valence-corrected chi connectivity index (χ2v) is 5.22. The first-order valence-electron chi connectivity index (χ1n) is 6.89. The molecule has 1 N–H and O–H groups in total. The minimum absolute atomic E-state index is 0.0752. The molecule has 0 radical (unpaired) electrons. The van der Waals surface area contributed by atoms with Crippen LogP contribution in [0.25, 0.3) is 0 Å². The van der Waals surface area contributed by atoms with Gasteiger partial charge in [-0.1, -0.05) is 18.5 Å². The lowest BCUT2D eigenvalue weighted by molar-refractivity contribution is 0.218. The number of hydrogen-bond donors (Lipinski definition) is 1. The first kappa shape index (κ1) is 15.9. The Morgan fingerprint density at radius 1 is 1.19 bits per heavy atom. The monoisotopic (exact) mass is 309 g/mol. The second kappa shape index (κ2) is 7.50. The number of hydrogen-bond acceptors (Lipinski definition) is 4. The molecule has 0 aliphatic rings. The first-order chi connectivity index (χ1) is 10.2. The number of nitrogens with zero attached hydrogens (tertiary/aromatic N) is 1. The molecule has 0 saturated carbocycles. The van der Waals surface area contributed by atoms with Crippen molar-refractivity contribution < 1.29 is 14.3 Å². The van der Waals surface area contributed by atoms with E-state index in [0.29, 0.717) is 17.3 Å². The number of furan rings is 1. The quantitative estimate of drug-likeness (QED) is 0.851. The third kappa shape index (κ3) is 4.24. The fourth-order valence-corrected chi connectivity index (χ4v) is 2.40. The molecule has 0 bridgehead atoms. The van der Waals surface area contributed by atoms with Crippen molar-refractivity contribution in [2.45, 2.75) is 26.6 Å². The molecular weight excluding hydrogens is 290 g/mol. The Bertz CT molecular complexity index is 583. The Hall–Kier alpha value is -1.49. The van der Waals surface area contributed by atoms with E-state index in [1.165, 1.54) is 0 Å². The summed E-state index contributed by atoms with van der Waals surface area (Å²) in [4.78, 5) is 2.22. The molecule has 0 aliphatic carbocycles. The molecule has 1 heterocycles. The predicted molar refractivity (Wildman–Crippen MR) is 82.4 cm³/mol. The van der Waals surface area contributed by atoms with E-state index in [1.807, 2.05) is 24.3 Å². The summed E-state index contributed by atoms with van der Waals surface area (Å²) in [5.74, 6) is 2.25. The maximum Gasteiger partial charge on any atom is 0.129 e. The molecule has 0 spiro atoms. The summed E-state index contributed by atoms with van der Waals surface area (Å²) < 4.78 is 10.9. The van der Waals surface area contributed by atoms with Crippen molar-refractivity contribution in [1.82, 2.24) is 4.90 Å². The average Bonchev–Trinajstić information content (AvgIpc) is 2.94. The number of aliphatic hydroxyl groups excluding tert-OH is 1. The maximum atomic E-state index is 9.04. The number of rotatable bonds is 7. The summed E-state index contributed by atoms with van der Waals surface area (Å²) in [6.07, 6.45) is 0. The van der Waals surface area contributed by atoms with Gasteiger partial charge in [0.25, 0.3) is 0 Å². The number of aliphatic hydroxyl groups is 1. The van der Waals surface area contributed by atoms with Crippen LogP contribution in [0.2, 0.25) is 5.02 Å². The number of benzene rings is 1. The summed E-state index contributed by atoms with van der Waals surface area (Å²) in [5.41, 5.74) is 1.04. The van der Waals surface area contributed by atoms with Gasteiger partial charge in [0, 0.05) is 17.1 Å². The fraction of sp³-hybridized carbons (Fsp3) is 0.375. The molecule has 0 aliphatic heterocycles. The van der Waals surface area contributed by atoms with Crippen LogP contribution in [-0.2, 0) is 19.7 Å². The zero-order valence-corrected chi connectivity index (χ0v) is 13.1. The third-order valence-corrected chi connectivity index (χ3v) is 3.57. The molecule has 5 heteroatoms. The van der Waals surface area contributed by atoms with Gasteiger partial charge in [-0.05, 0) is 36.9 Å². The van der Waals surface area contributed by atoms with Gasteiger partial charge in [0.1, 0.15) is 23.9 Å². The van der Waals surface area contributed by atoms with E-state index in [-0.39, 0.29) is 6.61 Å². The van der Waals surface area contributed by atoms with E-state index >= 15 is 0 Å². The largest absolute Gasteiger partial charge is 0.496 e. The highest BCUT2D eigenvalue weighted by Gasteiger charge is 2.12. The van der Waals surface area contributed by atoms with E-state index < -0.39 is 0 Å². The lowest BCUT2D eigenvalue weighted by Gasteiger charge is -2.20. The predicted octanol–water partition coefficient (Wildman–Crippen LogP) is 3.46. The number of ether oxygens (including phenoxy) is 1. The van der Waals surface area contributed by atoms with Crippen LogP contribution in [0.3, 0.4) is 0 Å². The van der Waals surface area contributed by atoms with Crippen LogP contribution in [0, 0.1) is 0 Å². The summed E-state index contributed by atoms with van der Waals surface area (Å²) >= 11 is 6.06. The van der Waals surface area contributed by atoms with E-state index in [4.69, 9.17) is 25.9 Å². The van der Waals surface area contributed by atoms with Crippen LogP contribution < -0.4 is 4.74 Å². The van der Waals surface area contributed by atoms with Gasteiger partial charge in [-0.15, -0.1) is 0 Å². The summed E-state index contributed by atoms with van der Waals surface area (Å²) in [6, 6.07) is 9.30. The van der Waals surface area contributed by atoms with Gasteiger partial charge in [-0.25, -0.2) is 0 Å². The topological polar surface area (TPSA) is 45.8 Å². The summed E-state index contributed by atoms with van der Waals surface area (Å²) in [7, 11) is 1.66. The highest BCUT2D eigenvalue weighted by atomic mass is 35.5. The van der Waals surface area contributed by atoms with Crippen molar-refractivity contribution in [3.05, 3.63) is 52.4 Å². The molecule has 0 saturated heterocycles. The van der Waals surface area contributed by atoms with Gasteiger partial charge in [0.15, 0.2) is 0 Å². The molecule has 0 unspecified atom stereocenters. The molecule has 1 aromatic heterocycles. The normalized spacial score (nSPS) is 11.1. The van der Waals surface area contributed by atoms with Gasteiger partial charge in [-0.2, -0.15) is 0 Å². The molecular formula is C16H20ClNO3. The van der Waals surface area contributed by atoms with Crippen LogP contribution in [0.5, 0.6) is 5.75 Å². The zero-order chi connectivity index (χ0) is 15.2. The Kier molecular flexibility index (Phi) is 5.67. The van der Waals surface area contributed by atoms with Crippen molar-refractivity contribution >= 4 is 11.6 Å². The van der Waals surface area contributed by atoms with Crippen molar-refractivity contribution in [3.8, 4) is 5.75 Å². The molecule has 2 aromatic rings. The standard InChI is InChI=1S/C16H20ClNO3/c1-3-18(10-14-5-6-15(11-19)21-14)9-12-8-13(17)4-7-16(12)20-2/h4-8,19H,3,9-11H2,1-2H3. The molecule has 114 valence electrons. The van der Waals surface area contributed by atoms with Crippen molar-refractivity contribution in [3.63, 3.8) is 0 Å². The van der Waals surface area contributed by atoms with Gasteiger partial charge >= 0.3 is 0 Å². The Labute approximate surface area is 129 Å². The Morgan fingerprint density at radius 2 is 1.95 bits per heavy atom. The molecule has 21 heavy (non-hydrogen) atoms. The minimum Gasteiger partial charge on any atom is -0.496 e. The SMILES string of the molecule is CCN(Cc1ccc(CO)o1)Cc1cc(Cl)ccc1OC. The molecule has 4 nitrogen and oxygen atoms in total. The highest BCUT2D eigenvalue weighted by Crippen LogP contribution is 2.24. The highest BCUT2D eigenvalue weighted by molar-refractivity contribution is 6.30. The van der Waals surface area contributed by atoms with Crippen molar-refractivity contribution in [1.29, 1.82) is 0 Å². The molecule has 0 amide bonds. The number of methoxy groups -OCH3 is 1. The Balaban J connectivity index is 2.09. The zero-order valence-electron chi connectivity index (χ0n) is 12.3. The van der Waals surface area contributed by atoms with Crippen LogP contribution in [-0.4, -0.2) is 23.7 Å². The van der Waals surface area contributed by atoms with Gasteiger partial charge in [-0.3, -0.25) is 4.90 Å². The van der Waals surface area contributed by atoms with Gasteiger partial charge < -0.3 is 14.3 Å². The van der Waals surface area contributed by atoms with E-state index in [9.17, 15) is 0 Å². The van der Waals surface area contributed by atoms with Gasteiger partial charge in [0.05, 0.1) is 13.7 Å². The lowest BCUT2D eigenvalue weighted by atomic mass is 10.2. The number of halogens is 1. The van der Waals surface area contributed by atoms with E-state index in [1.54, 1.807) is 13.2 Å². The summed E-state index contributed by atoms with van der Waals surface area (Å²) in [6.45, 7) is 4.27.